The van der Waals surface area contributed by atoms with Gasteiger partial charge in [-0.15, -0.1) is 12.4 Å². The van der Waals surface area contributed by atoms with Crippen LogP contribution in [0.1, 0.15) is 0 Å². The Bertz CT molecular complexity index is 631. The van der Waals surface area contributed by atoms with Crippen LogP contribution in [0.15, 0.2) is 18.3 Å². The normalized spacial score (nSPS) is 15.2. The highest BCUT2D eigenvalue weighted by Crippen LogP contribution is 2.34. The molecule has 0 atom stereocenters. The van der Waals surface area contributed by atoms with Crippen molar-refractivity contribution in [1.82, 2.24) is 10.3 Å². The summed E-state index contributed by atoms with van der Waals surface area (Å²) in [6.07, 6.45) is 1.42. The molecule has 7 heteroatoms. The number of nitrogens with one attached hydrogen (secondary N) is 1. The zero-order valence-electron chi connectivity index (χ0n) is 10.5. The largest absolute Gasteiger partial charge is 0.367 e. The number of pyridine rings is 1. The summed E-state index contributed by atoms with van der Waals surface area (Å²) in [5.74, 6) is -1.28. The van der Waals surface area contributed by atoms with Crippen LogP contribution < -0.4 is 10.2 Å². The molecule has 1 aromatic carbocycles. The van der Waals surface area contributed by atoms with Gasteiger partial charge >= 0.3 is 0 Å². The maximum atomic E-state index is 13.7. The molecule has 1 fully saturated rings. The van der Waals surface area contributed by atoms with E-state index in [-0.39, 0.29) is 17.9 Å². The molecule has 1 N–H and O–H groups in total. The lowest BCUT2D eigenvalue weighted by molar-refractivity contribution is 0.585. The summed E-state index contributed by atoms with van der Waals surface area (Å²) < 4.78 is 27.2. The SMILES string of the molecule is Cl.Fc1cc(F)c2ncc(Cl)c(N3CCNCC3)c2c1. The van der Waals surface area contributed by atoms with E-state index in [9.17, 15) is 8.78 Å². The predicted molar refractivity (Wildman–Crippen MR) is 79.0 cm³/mol. The molecule has 0 saturated carbocycles. The summed E-state index contributed by atoms with van der Waals surface area (Å²) in [6, 6.07) is 2.12. The third-order valence-electron chi connectivity index (χ3n) is 3.25. The van der Waals surface area contributed by atoms with Crippen molar-refractivity contribution in [2.45, 2.75) is 0 Å². The minimum atomic E-state index is -0.664. The van der Waals surface area contributed by atoms with Gasteiger partial charge in [-0.2, -0.15) is 0 Å². The number of piperazine rings is 1. The second-order valence-electron chi connectivity index (χ2n) is 4.48. The predicted octanol–water partition coefficient (Wildman–Crippen LogP) is 3.00. The van der Waals surface area contributed by atoms with Crippen molar-refractivity contribution >= 4 is 40.6 Å². The van der Waals surface area contributed by atoms with Crippen LogP contribution in [0.2, 0.25) is 5.02 Å². The first-order valence-electron chi connectivity index (χ1n) is 6.06. The molecule has 2 aromatic rings. The van der Waals surface area contributed by atoms with Gasteiger partial charge in [-0.05, 0) is 6.07 Å². The molecule has 1 aliphatic rings. The van der Waals surface area contributed by atoms with E-state index in [1.165, 1.54) is 12.3 Å². The van der Waals surface area contributed by atoms with E-state index >= 15 is 0 Å². The molecule has 0 bridgehead atoms. The minimum Gasteiger partial charge on any atom is -0.367 e. The number of rotatable bonds is 1. The molecule has 1 aliphatic heterocycles. The van der Waals surface area contributed by atoms with Crippen LogP contribution in [0.5, 0.6) is 0 Å². The molecule has 0 radical (unpaired) electrons. The molecule has 0 spiro atoms. The zero-order valence-corrected chi connectivity index (χ0v) is 12.1. The lowest BCUT2D eigenvalue weighted by atomic mass is 10.1. The van der Waals surface area contributed by atoms with Gasteiger partial charge in [-0.25, -0.2) is 8.78 Å². The number of aromatic nitrogens is 1. The van der Waals surface area contributed by atoms with Crippen LogP contribution in [0, 0.1) is 11.6 Å². The summed E-state index contributed by atoms with van der Waals surface area (Å²) in [7, 11) is 0. The number of hydrogen-bond donors (Lipinski definition) is 1. The van der Waals surface area contributed by atoms with E-state index in [1.54, 1.807) is 0 Å². The molecule has 0 unspecified atom stereocenters. The molecule has 0 amide bonds. The Morgan fingerprint density at radius 2 is 1.90 bits per heavy atom. The maximum Gasteiger partial charge on any atom is 0.152 e. The van der Waals surface area contributed by atoms with Crippen molar-refractivity contribution in [3.8, 4) is 0 Å². The van der Waals surface area contributed by atoms with E-state index in [2.05, 4.69) is 10.3 Å². The van der Waals surface area contributed by atoms with Gasteiger partial charge in [0, 0.05) is 43.8 Å². The highest BCUT2D eigenvalue weighted by Gasteiger charge is 2.19. The van der Waals surface area contributed by atoms with E-state index in [4.69, 9.17) is 11.6 Å². The molecule has 1 saturated heterocycles. The van der Waals surface area contributed by atoms with Crippen LogP contribution in [-0.2, 0) is 0 Å². The average molecular weight is 320 g/mol. The first-order valence-corrected chi connectivity index (χ1v) is 6.43. The van der Waals surface area contributed by atoms with Gasteiger partial charge < -0.3 is 10.2 Å². The molecular weight excluding hydrogens is 307 g/mol. The van der Waals surface area contributed by atoms with Crippen molar-refractivity contribution in [2.24, 2.45) is 0 Å². The Labute approximate surface area is 126 Å². The van der Waals surface area contributed by atoms with Crippen molar-refractivity contribution in [1.29, 1.82) is 0 Å². The summed E-state index contributed by atoms with van der Waals surface area (Å²) in [4.78, 5) is 5.99. The van der Waals surface area contributed by atoms with Crippen LogP contribution in [0.3, 0.4) is 0 Å². The minimum absolute atomic E-state index is 0. The summed E-state index contributed by atoms with van der Waals surface area (Å²) >= 11 is 6.17. The number of hydrogen-bond acceptors (Lipinski definition) is 3. The van der Waals surface area contributed by atoms with Crippen LogP contribution in [0.25, 0.3) is 10.9 Å². The quantitative estimate of drug-likeness (QED) is 0.875. The van der Waals surface area contributed by atoms with Gasteiger partial charge in [-0.3, -0.25) is 4.98 Å². The Hall–Kier alpha value is -1.17. The van der Waals surface area contributed by atoms with Crippen LogP contribution in [-0.4, -0.2) is 31.2 Å². The second kappa shape index (κ2) is 6.08. The van der Waals surface area contributed by atoms with E-state index in [0.717, 1.165) is 32.2 Å². The summed E-state index contributed by atoms with van der Waals surface area (Å²) in [6.45, 7) is 3.13. The number of anilines is 1. The van der Waals surface area contributed by atoms with E-state index in [1.807, 2.05) is 4.90 Å². The average Bonchev–Trinajstić information content (AvgIpc) is 2.39. The van der Waals surface area contributed by atoms with Gasteiger partial charge in [0.05, 0.1) is 10.7 Å². The third-order valence-corrected chi connectivity index (χ3v) is 3.53. The monoisotopic (exact) mass is 319 g/mol. The molecule has 0 aliphatic carbocycles. The van der Waals surface area contributed by atoms with E-state index < -0.39 is 11.6 Å². The fourth-order valence-electron chi connectivity index (χ4n) is 2.40. The van der Waals surface area contributed by atoms with Crippen molar-refractivity contribution < 1.29 is 8.78 Å². The summed E-state index contributed by atoms with van der Waals surface area (Å²) in [5.41, 5.74) is 0.811. The zero-order chi connectivity index (χ0) is 13.4. The van der Waals surface area contributed by atoms with Crippen molar-refractivity contribution in [3.63, 3.8) is 0 Å². The summed E-state index contributed by atoms with van der Waals surface area (Å²) in [5, 5.41) is 4.07. The molecule has 20 heavy (non-hydrogen) atoms. The molecular formula is C13H13Cl2F2N3. The van der Waals surface area contributed by atoms with Gasteiger partial charge in [0.1, 0.15) is 11.3 Å². The Kier molecular flexibility index (Phi) is 4.62. The first kappa shape index (κ1) is 15.2. The van der Waals surface area contributed by atoms with Crippen LogP contribution >= 0.6 is 24.0 Å². The first-order chi connectivity index (χ1) is 9.16. The number of nitrogens with zero attached hydrogens (tertiary/aromatic N) is 2. The Morgan fingerprint density at radius 3 is 2.60 bits per heavy atom. The van der Waals surface area contributed by atoms with Gasteiger partial charge in [0.25, 0.3) is 0 Å². The van der Waals surface area contributed by atoms with E-state index in [0.29, 0.717) is 16.1 Å². The molecule has 1 aromatic heterocycles. The molecule has 108 valence electrons. The number of benzene rings is 1. The van der Waals surface area contributed by atoms with Gasteiger partial charge in [0.2, 0.25) is 0 Å². The second-order valence-corrected chi connectivity index (χ2v) is 4.88. The Balaban J connectivity index is 0.00000147. The third kappa shape index (κ3) is 2.66. The Morgan fingerprint density at radius 1 is 1.20 bits per heavy atom. The van der Waals surface area contributed by atoms with Crippen molar-refractivity contribution in [3.05, 3.63) is 35.0 Å². The number of fused-ring (bicyclic) bond motifs is 1. The highest BCUT2D eigenvalue weighted by atomic mass is 35.5. The molecule has 2 heterocycles. The number of halogens is 4. The smallest absolute Gasteiger partial charge is 0.152 e. The topological polar surface area (TPSA) is 28.2 Å². The van der Waals surface area contributed by atoms with Gasteiger partial charge in [-0.1, -0.05) is 11.6 Å². The fourth-order valence-corrected chi connectivity index (χ4v) is 2.67. The van der Waals surface area contributed by atoms with Crippen LogP contribution in [0.4, 0.5) is 14.5 Å². The molecule has 3 nitrogen and oxygen atoms in total. The van der Waals surface area contributed by atoms with Gasteiger partial charge in [0.15, 0.2) is 5.82 Å². The fraction of sp³-hybridized carbons (Fsp3) is 0.308. The maximum absolute atomic E-state index is 13.7. The lowest BCUT2D eigenvalue weighted by Crippen LogP contribution is -2.43. The molecule has 3 rings (SSSR count). The standard InChI is InChI=1S/C13H12ClF2N3.ClH/c14-10-7-18-12-9(5-8(15)6-11(12)16)13(10)19-3-1-17-2-4-19;/h5-7,17H,1-4H2;1H. The van der Waals surface area contributed by atoms with Crippen molar-refractivity contribution in [2.75, 3.05) is 31.1 Å². The lowest BCUT2D eigenvalue weighted by Gasteiger charge is -2.31. The highest BCUT2D eigenvalue weighted by molar-refractivity contribution is 6.34.